The molecule has 2 heterocycles. The molecule has 1 saturated heterocycles. The first kappa shape index (κ1) is 12.0. The van der Waals surface area contributed by atoms with Crippen LogP contribution in [-0.4, -0.2) is 37.7 Å². The third-order valence-corrected chi connectivity index (χ3v) is 4.21. The fourth-order valence-corrected chi connectivity index (χ4v) is 3.20. The maximum Gasteiger partial charge on any atom is 0.122 e. The number of piperidine rings is 1. The van der Waals surface area contributed by atoms with Gasteiger partial charge >= 0.3 is 0 Å². The molecule has 2 atom stereocenters. The van der Waals surface area contributed by atoms with E-state index in [4.69, 9.17) is 10.5 Å². The van der Waals surface area contributed by atoms with Gasteiger partial charge < -0.3 is 15.4 Å². The average Bonchev–Trinajstić information content (AvgIpc) is 2.83. The van der Waals surface area contributed by atoms with Crippen LogP contribution in [0, 0.1) is 5.92 Å². The molecule has 2 aliphatic heterocycles. The highest BCUT2D eigenvalue weighted by Crippen LogP contribution is 2.34. The Kier molecular flexibility index (Phi) is 3.52. The minimum Gasteiger partial charge on any atom is -0.493 e. The van der Waals surface area contributed by atoms with E-state index in [2.05, 4.69) is 23.1 Å². The molecule has 0 spiro atoms. The van der Waals surface area contributed by atoms with E-state index in [0.717, 1.165) is 32.0 Å². The second-order valence-electron chi connectivity index (χ2n) is 5.55. The standard InChI is InChI=1S/C15H22N2O/c16-8-12-4-3-7-17(9-12)10-13-11-18-15-6-2-1-5-14(13)15/h1-2,5-6,12-13H,3-4,7-11,16H2. The van der Waals surface area contributed by atoms with Crippen LogP contribution in [0.1, 0.15) is 24.3 Å². The number of hydrogen-bond donors (Lipinski definition) is 1. The summed E-state index contributed by atoms with van der Waals surface area (Å²) < 4.78 is 5.75. The number of ether oxygens (including phenoxy) is 1. The minimum atomic E-state index is 0.540. The summed E-state index contributed by atoms with van der Waals surface area (Å²) in [6.45, 7) is 5.16. The van der Waals surface area contributed by atoms with Crippen LogP contribution in [0.4, 0.5) is 0 Å². The highest BCUT2D eigenvalue weighted by Gasteiger charge is 2.27. The van der Waals surface area contributed by atoms with Crippen LogP contribution < -0.4 is 10.5 Å². The Hall–Kier alpha value is -1.06. The summed E-state index contributed by atoms with van der Waals surface area (Å²) in [6.07, 6.45) is 2.59. The lowest BCUT2D eigenvalue weighted by Gasteiger charge is -2.33. The summed E-state index contributed by atoms with van der Waals surface area (Å²) in [4.78, 5) is 2.57. The molecule has 18 heavy (non-hydrogen) atoms. The zero-order valence-corrected chi connectivity index (χ0v) is 10.8. The molecule has 2 aliphatic rings. The Bertz CT molecular complexity index is 407. The molecule has 1 aromatic rings. The van der Waals surface area contributed by atoms with E-state index in [9.17, 15) is 0 Å². The highest BCUT2D eigenvalue weighted by molar-refractivity contribution is 5.39. The van der Waals surface area contributed by atoms with Crippen molar-refractivity contribution in [1.82, 2.24) is 4.90 Å². The molecule has 1 aromatic carbocycles. The lowest BCUT2D eigenvalue weighted by atomic mass is 9.95. The second-order valence-corrected chi connectivity index (χ2v) is 5.55. The van der Waals surface area contributed by atoms with Crippen LogP contribution in [0.3, 0.4) is 0 Å². The van der Waals surface area contributed by atoms with Gasteiger partial charge in [0.05, 0.1) is 6.61 Å². The lowest BCUT2D eigenvalue weighted by molar-refractivity contribution is 0.161. The Morgan fingerprint density at radius 2 is 2.22 bits per heavy atom. The summed E-state index contributed by atoms with van der Waals surface area (Å²) in [5, 5.41) is 0. The maximum absolute atomic E-state index is 5.80. The number of fused-ring (bicyclic) bond motifs is 1. The smallest absolute Gasteiger partial charge is 0.122 e. The summed E-state index contributed by atoms with van der Waals surface area (Å²) >= 11 is 0. The van der Waals surface area contributed by atoms with E-state index in [-0.39, 0.29) is 0 Å². The minimum absolute atomic E-state index is 0.540. The predicted octanol–water partition coefficient (Wildman–Crippen LogP) is 1.83. The summed E-state index contributed by atoms with van der Waals surface area (Å²) in [7, 11) is 0. The zero-order chi connectivity index (χ0) is 12.4. The van der Waals surface area contributed by atoms with Crippen LogP contribution in [0.25, 0.3) is 0 Å². The van der Waals surface area contributed by atoms with Crippen LogP contribution in [0.2, 0.25) is 0 Å². The molecule has 0 bridgehead atoms. The predicted molar refractivity (Wildman–Crippen MR) is 72.9 cm³/mol. The van der Waals surface area contributed by atoms with Crippen molar-refractivity contribution >= 4 is 0 Å². The second kappa shape index (κ2) is 5.29. The molecule has 2 N–H and O–H groups in total. The number of para-hydroxylation sites is 1. The number of benzene rings is 1. The van der Waals surface area contributed by atoms with Gasteiger partial charge in [-0.1, -0.05) is 18.2 Å². The van der Waals surface area contributed by atoms with Crippen molar-refractivity contribution in [2.75, 3.05) is 32.8 Å². The molecule has 98 valence electrons. The monoisotopic (exact) mass is 246 g/mol. The fraction of sp³-hybridized carbons (Fsp3) is 0.600. The molecule has 1 fully saturated rings. The number of nitrogens with zero attached hydrogens (tertiary/aromatic N) is 1. The van der Waals surface area contributed by atoms with Crippen molar-refractivity contribution in [3.63, 3.8) is 0 Å². The first-order chi connectivity index (χ1) is 8.86. The van der Waals surface area contributed by atoms with Crippen molar-refractivity contribution in [2.24, 2.45) is 11.7 Å². The van der Waals surface area contributed by atoms with Gasteiger partial charge in [-0.3, -0.25) is 0 Å². The van der Waals surface area contributed by atoms with Crippen LogP contribution in [-0.2, 0) is 0 Å². The van der Waals surface area contributed by atoms with E-state index in [1.54, 1.807) is 0 Å². The molecule has 0 radical (unpaired) electrons. The molecule has 3 heteroatoms. The normalized spacial score (nSPS) is 27.8. The third-order valence-electron chi connectivity index (χ3n) is 4.21. The molecule has 0 aromatic heterocycles. The Morgan fingerprint density at radius 3 is 3.11 bits per heavy atom. The molecule has 0 aliphatic carbocycles. The van der Waals surface area contributed by atoms with E-state index in [0.29, 0.717) is 11.8 Å². The Balaban J connectivity index is 1.64. The SMILES string of the molecule is NCC1CCCN(CC2COc3ccccc32)C1. The highest BCUT2D eigenvalue weighted by atomic mass is 16.5. The van der Waals surface area contributed by atoms with Crippen molar-refractivity contribution in [1.29, 1.82) is 0 Å². The lowest BCUT2D eigenvalue weighted by Crippen LogP contribution is -2.40. The third kappa shape index (κ3) is 2.38. The molecular weight excluding hydrogens is 224 g/mol. The van der Waals surface area contributed by atoms with Crippen LogP contribution in [0.15, 0.2) is 24.3 Å². The summed E-state index contributed by atoms with van der Waals surface area (Å²) in [5.74, 6) is 2.31. The van der Waals surface area contributed by atoms with Gasteiger partial charge in [-0.2, -0.15) is 0 Å². The van der Waals surface area contributed by atoms with E-state index >= 15 is 0 Å². The Labute approximate surface area is 109 Å². The quantitative estimate of drug-likeness (QED) is 0.884. The number of likely N-dealkylation sites (tertiary alicyclic amines) is 1. The van der Waals surface area contributed by atoms with Crippen molar-refractivity contribution < 1.29 is 4.74 Å². The molecule has 3 nitrogen and oxygen atoms in total. The van der Waals surface area contributed by atoms with Gasteiger partial charge in [0.25, 0.3) is 0 Å². The number of hydrogen-bond acceptors (Lipinski definition) is 3. The van der Waals surface area contributed by atoms with Gasteiger partial charge in [-0.05, 0) is 37.9 Å². The molecule has 2 unspecified atom stereocenters. The van der Waals surface area contributed by atoms with Gasteiger partial charge in [0.15, 0.2) is 0 Å². The van der Waals surface area contributed by atoms with Crippen molar-refractivity contribution in [3.8, 4) is 5.75 Å². The first-order valence-corrected chi connectivity index (χ1v) is 7.01. The zero-order valence-electron chi connectivity index (χ0n) is 10.8. The molecular formula is C15H22N2O. The van der Waals surface area contributed by atoms with E-state index in [1.165, 1.54) is 24.9 Å². The van der Waals surface area contributed by atoms with Gasteiger partial charge in [0.1, 0.15) is 5.75 Å². The van der Waals surface area contributed by atoms with Gasteiger partial charge in [0, 0.05) is 24.6 Å². The molecule has 0 amide bonds. The van der Waals surface area contributed by atoms with Crippen molar-refractivity contribution in [2.45, 2.75) is 18.8 Å². The first-order valence-electron chi connectivity index (χ1n) is 7.01. The van der Waals surface area contributed by atoms with E-state index < -0.39 is 0 Å². The summed E-state index contributed by atoms with van der Waals surface area (Å²) in [6, 6.07) is 8.44. The number of rotatable bonds is 3. The van der Waals surface area contributed by atoms with Crippen LogP contribution >= 0.6 is 0 Å². The summed E-state index contributed by atoms with van der Waals surface area (Å²) in [5.41, 5.74) is 7.18. The van der Waals surface area contributed by atoms with E-state index in [1.807, 2.05) is 6.07 Å². The maximum atomic E-state index is 5.80. The topological polar surface area (TPSA) is 38.5 Å². The fourth-order valence-electron chi connectivity index (χ4n) is 3.20. The average molecular weight is 246 g/mol. The van der Waals surface area contributed by atoms with Crippen LogP contribution in [0.5, 0.6) is 5.75 Å². The van der Waals surface area contributed by atoms with Gasteiger partial charge in [0.2, 0.25) is 0 Å². The van der Waals surface area contributed by atoms with Crippen molar-refractivity contribution in [3.05, 3.63) is 29.8 Å². The van der Waals surface area contributed by atoms with Gasteiger partial charge in [-0.25, -0.2) is 0 Å². The Morgan fingerprint density at radius 1 is 1.33 bits per heavy atom. The number of nitrogens with two attached hydrogens (primary N) is 1. The van der Waals surface area contributed by atoms with Gasteiger partial charge in [-0.15, -0.1) is 0 Å². The largest absolute Gasteiger partial charge is 0.493 e. The molecule has 3 rings (SSSR count). The molecule has 0 saturated carbocycles.